The first-order valence-corrected chi connectivity index (χ1v) is 6.98. The van der Waals surface area contributed by atoms with Gasteiger partial charge in [-0.2, -0.15) is 0 Å². The summed E-state index contributed by atoms with van der Waals surface area (Å²) in [6.07, 6.45) is 1.94. The fourth-order valence-corrected chi connectivity index (χ4v) is 1.87. The van der Waals surface area contributed by atoms with Crippen molar-refractivity contribution in [2.75, 3.05) is 46.9 Å². The second-order valence-electron chi connectivity index (χ2n) is 5.10. The Morgan fingerprint density at radius 1 is 1.30 bits per heavy atom. The fraction of sp³-hybridized carbons (Fsp3) is 0.846. The van der Waals surface area contributed by atoms with E-state index in [2.05, 4.69) is 10.2 Å². The Bertz CT molecular complexity index is 321. The molecule has 0 bridgehead atoms. The maximum Gasteiger partial charge on any atom is 0.317 e. The molecule has 0 aliphatic heterocycles. The highest BCUT2D eigenvalue weighted by molar-refractivity contribution is 5.76. The SMILES string of the molecule is COCCN(C)CCNC(=O)N(CCC(=O)O)C1CC1. The van der Waals surface area contributed by atoms with Crippen molar-refractivity contribution in [3.8, 4) is 0 Å². The third-order valence-corrected chi connectivity index (χ3v) is 3.26. The normalized spacial score (nSPS) is 14.3. The molecule has 1 saturated carbocycles. The van der Waals surface area contributed by atoms with E-state index in [4.69, 9.17) is 9.84 Å². The highest BCUT2D eigenvalue weighted by Crippen LogP contribution is 2.26. The van der Waals surface area contributed by atoms with E-state index in [0.717, 1.165) is 25.9 Å². The Hall–Kier alpha value is -1.34. The van der Waals surface area contributed by atoms with Crippen LogP contribution in [0.2, 0.25) is 0 Å². The van der Waals surface area contributed by atoms with Crippen molar-refractivity contribution in [1.82, 2.24) is 15.1 Å². The van der Waals surface area contributed by atoms with Crippen molar-refractivity contribution in [1.29, 1.82) is 0 Å². The summed E-state index contributed by atoms with van der Waals surface area (Å²) in [4.78, 5) is 26.3. The average molecular weight is 287 g/mol. The Labute approximate surface area is 119 Å². The predicted molar refractivity (Wildman–Crippen MR) is 74.8 cm³/mol. The molecular weight excluding hydrogens is 262 g/mol. The molecule has 0 radical (unpaired) electrons. The number of carbonyl (C=O) groups excluding carboxylic acids is 1. The van der Waals surface area contributed by atoms with Crippen LogP contribution in [0.5, 0.6) is 0 Å². The van der Waals surface area contributed by atoms with E-state index in [1.54, 1.807) is 12.0 Å². The third-order valence-electron chi connectivity index (χ3n) is 3.26. The number of rotatable bonds is 10. The van der Waals surface area contributed by atoms with Crippen molar-refractivity contribution in [2.24, 2.45) is 0 Å². The quantitative estimate of drug-likeness (QED) is 0.600. The molecule has 0 saturated heterocycles. The number of likely N-dealkylation sites (N-methyl/N-ethyl adjacent to an activating group) is 1. The monoisotopic (exact) mass is 287 g/mol. The lowest BCUT2D eigenvalue weighted by molar-refractivity contribution is -0.137. The molecule has 7 heteroatoms. The standard InChI is InChI=1S/C13H25N3O4/c1-15(9-10-20-2)8-6-14-13(19)16(11-3-4-11)7-5-12(17)18/h11H,3-10H2,1-2H3,(H,14,19)(H,17,18). The summed E-state index contributed by atoms with van der Waals surface area (Å²) in [7, 11) is 3.62. The van der Waals surface area contributed by atoms with Gasteiger partial charge in [0.05, 0.1) is 13.0 Å². The van der Waals surface area contributed by atoms with Crippen molar-refractivity contribution < 1.29 is 19.4 Å². The van der Waals surface area contributed by atoms with Gasteiger partial charge in [0.2, 0.25) is 0 Å². The first-order valence-electron chi connectivity index (χ1n) is 6.98. The summed E-state index contributed by atoms with van der Waals surface area (Å²) in [5, 5.41) is 11.5. The first kappa shape index (κ1) is 16.7. The van der Waals surface area contributed by atoms with Crippen molar-refractivity contribution in [3.05, 3.63) is 0 Å². The van der Waals surface area contributed by atoms with Gasteiger partial charge in [0.1, 0.15) is 0 Å². The molecule has 0 heterocycles. The van der Waals surface area contributed by atoms with E-state index in [9.17, 15) is 9.59 Å². The molecule has 20 heavy (non-hydrogen) atoms. The van der Waals surface area contributed by atoms with E-state index in [-0.39, 0.29) is 25.0 Å². The molecule has 0 aromatic heterocycles. The van der Waals surface area contributed by atoms with Crippen LogP contribution in [0.1, 0.15) is 19.3 Å². The number of nitrogens with one attached hydrogen (secondary N) is 1. The van der Waals surface area contributed by atoms with Gasteiger partial charge in [0.15, 0.2) is 0 Å². The van der Waals surface area contributed by atoms with E-state index in [1.807, 2.05) is 7.05 Å². The maximum atomic E-state index is 12.0. The van der Waals surface area contributed by atoms with Gasteiger partial charge in [0.25, 0.3) is 0 Å². The van der Waals surface area contributed by atoms with Gasteiger partial charge in [-0.25, -0.2) is 4.79 Å². The molecule has 1 fully saturated rings. The molecule has 2 amide bonds. The molecule has 0 aromatic rings. The number of ether oxygens (including phenoxy) is 1. The minimum atomic E-state index is -0.872. The number of hydrogen-bond donors (Lipinski definition) is 2. The lowest BCUT2D eigenvalue weighted by Gasteiger charge is -2.23. The van der Waals surface area contributed by atoms with Crippen molar-refractivity contribution in [2.45, 2.75) is 25.3 Å². The number of urea groups is 1. The minimum absolute atomic E-state index is 0.00232. The van der Waals surface area contributed by atoms with Gasteiger partial charge in [0, 0.05) is 39.3 Å². The van der Waals surface area contributed by atoms with Gasteiger partial charge in [-0.1, -0.05) is 0 Å². The molecule has 1 aliphatic rings. The minimum Gasteiger partial charge on any atom is -0.481 e. The number of carbonyl (C=O) groups is 2. The molecule has 116 valence electrons. The highest BCUT2D eigenvalue weighted by Gasteiger charge is 2.32. The average Bonchev–Trinajstić information content (AvgIpc) is 3.20. The van der Waals surface area contributed by atoms with Crippen LogP contribution < -0.4 is 5.32 Å². The molecule has 7 nitrogen and oxygen atoms in total. The van der Waals surface area contributed by atoms with Gasteiger partial charge < -0.3 is 25.0 Å². The van der Waals surface area contributed by atoms with E-state index >= 15 is 0 Å². The zero-order chi connectivity index (χ0) is 15.0. The summed E-state index contributed by atoms with van der Waals surface area (Å²) >= 11 is 0. The van der Waals surface area contributed by atoms with Crippen LogP contribution >= 0.6 is 0 Å². The predicted octanol–water partition coefficient (Wildman–Crippen LogP) is 0.213. The molecule has 1 aliphatic carbocycles. The summed E-state index contributed by atoms with van der Waals surface area (Å²) < 4.78 is 4.98. The number of nitrogens with zero attached hydrogens (tertiary/aromatic N) is 2. The van der Waals surface area contributed by atoms with Crippen molar-refractivity contribution >= 4 is 12.0 Å². The largest absolute Gasteiger partial charge is 0.481 e. The molecular formula is C13H25N3O4. The number of carboxylic acid groups (broad SMARTS) is 1. The molecule has 0 atom stereocenters. The zero-order valence-corrected chi connectivity index (χ0v) is 12.3. The number of methoxy groups -OCH3 is 1. The van der Waals surface area contributed by atoms with Gasteiger partial charge in [-0.15, -0.1) is 0 Å². The van der Waals surface area contributed by atoms with E-state index in [0.29, 0.717) is 13.2 Å². The van der Waals surface area contributed by atoms with Crippen LogP contribution in [-0.2, 0) is 9.53 Å². The lowest BCUT2D eigenvalue weighted by Crippen LogP contribution is -2.44. The summed E-state index contributed by atoms with van der Waals surface area (Å²) in [5.74, 6) is -0.872. The van der Waals surface area contributed by atoms with Gasteiger partial charge in [-0.05, 0) is 19.9 Å². The second kappa shape index (κ2) is 8.76. The molecule has 1 rings (SSSR count). The molecule has 2 N–H and O–H groups in total. The van der Waals surface area contributed by atoms with Crippen LogP contribution in [0, 0.1) is 0 Å². The maximum absolute atomic E-state index is 12.0. The molecule has 0 spiro atoms. The smallest absolute Gasteiger partial charge is 0.317 e. The third kappa shape index (κ3) is 6.72. The molecule has 0 unspecified atom stereocenters. The number of hydrogen-bond acceptors (Lipinski definition) is 4. The van der Waals surface area contributed by atoms with Crippen LogP contribution in [0.25, 0.3) is 0 Å². The number of aliphatic carboxylic acids is 1. The first-order chi connectivity index (χ1) is 9.54. The van der Waals surface area contributed by atoms with Crippen LogP contribution in [0.15, 0.2) is 0 Å². The number of amides is 2. The summed E-state index contributed by atoms with van der Waals surface area (Å²) in [6, 6.07) is 0.0643. The Morgan fingerprint density at radius 3 is 2.55 bits per heavy atom. The molecule has 0 aromatic carbocycles. The topological polar surface area (TPSA) is 82.1 Å². The van der Waals surface area contributed by atoms with Crippen molar-refractivity contribution in [3.63, 3.8) is 0 Å². The van der Waals surface area contributed by atoms with Gasteiger partial charge in [-0.3, -0.25) is 4.79 Å². The summed E-state index contributed by atoms with van der Waals surface area (Å²) in [5.41, 5.74) is 0. The summed E-state index contributed by atoms with van der Waals surface area (Å²) in [6.45, 7) is 3.06. The number of carboxylic acids is 1. The fourth-order valence-electron chi connectivity index (χ4n) is 1.87. The van der Waals surface area contributed by atoms with Gasteiger partial charge >= 0.3 is 12.0 Å². The van der Waals surface area contributed by atoms with Crippen LogP contribution in [0.3, 0.4) is 0 Å². The Morgan fingerprint density at radius 2 is 2.00 bits per heavy atom. The Kier molecular flexibility index (Phi) is 7.32. The van der Waals surface area contributed by atoms with Crippen LogP contribution in [0.4, 0.5) is 4.79 Å². The zero-order valence-electron chi connectivity index (χ0n) is 12.3. The highest BCUT2D eigenvalue weighted by atomic mass is 16.5. The second-order valence-corrected chi connectivity index (χ2v) is 5.10. The lowest BCUT2D eigenvalue weighted by atomic mass is 10.4. The Balaban J connectivity index is 2.22. The van der Waals surface area contributed by atoms with Crippen LogP contribution in [-0.4, -0.2) is 79.9 Å². The van der Waals surface area contributed by atoms with E-state index < -0.39 is 5.97 Å². The van der Waals surface area contributed by atoms with E-state index in [1.165, 1.54) is 0 Å².